The second-order valence-corrected chi connectivity index (χ2v) is 5.16. The average molecular weight is 261 g/mol. The van der Waals surface area contributed by atoms with Crippen molar-refractivity contribution in [3.8, 4) is 0 Å². The van der Waals surface area contributed by atoms with Crippen LogP contribution in [0.25, 0.3) is 0 Å². The molecular weight excluding hydrogens is 248 g/mol. The number of benzene rings is 1. The summed E-state index contributed by atoms with van der Waals surface area (Å²) in [5, 5.41) is -0.572. The molecule has 16 heavy (non-hydrogen) atoms. The molecule has 0 aromatic heterocycles. The molecule has 0 unspecified atom stereocenters. The number of hydrogen-bond acceptors (Lipinski definition) is 3. The third-order valence-electron chi connectivity index (χ3n) is 2.29. The zero-order valence-electron chi connectivity index (χ0n) is 9.07. The van der Waals surface area contributed by atoms with Crippen LogP contribution in [0.2, 0.25) is 0 Å². The van der Waals surface area contributed by atoms with E-state index < -0.39 is 15.9 Å². The molecule has 0 heterocycles. The monoisotopic (exact) mass is 260 g/mol. The largest absolute Gasteiger partial charge is 0.276 e. The minimum absolute atomic E-state index is 0.0547. The Morgan fingerprint density at radius 1 is 1.38 bits per heavy atom. The number of rotatable bonds is 4. The summed E-state index contributed by atoms with van der Waals surface area (Å²) in [6, 6.07) is 4.93. The standard InChI is InChI=1S/C11H13ClO3S/c1-7(2)10-4-3-8(11(12)13)5-9(10)6-16(14)15/h3-5,7,16H,6H2,1-2H3. The first-order valence-electron chi connectivity index (χ1n) is 4.86. The fraction of sp³-hybridized carbons (Fsp3) is 0.364. The van der Waals surface area contributed by atoms with Crippen LogP contribution < -0.4 is 0 Å². The molecule has 0 saturated heterocycles. The van der Waals surface area contributed by atoms with Crippen LogP contribution in [-0.2, 0) is 16.5 Å². The van der Waals surface area contributed by atoms with Crippen LogP contribution in [0.3, 0.4) is 0 Å². The Balaban J connectivity index is 3.25. The molecule has 1 aromatic rings. The van der Waals surface area contributed by atoms with Crippen molar-refractivity contribution in [1.82, 2.24) is 0 Å². The first kappa shape index (κ1) is 13.2. The smallest absolute Gasteiger partial charge is 0.252 e. The Kier molecular flexibility index (Phi) is 4.50. The molecule has 5 heteroatoms. The molecule has 1 aromatic carbocycles. The predicted octanol–water partition coefficient (Wildman–Crippen LogP) is 2.30. The summed E-state index contributed by atoms with van der Waals surface area (Å²) in [5.74, 6) is 0.158. The Bertz CT molecular complexity index is 470. The molecule has 1 rings (SSSR count). The van der Waals surface area contributed by atoms with Gasteiger partial charge >= 0.3 is 0 Å². The highest BCUT2D eigenvalue weighted by Gasteiger charge is 2.11. The molecule has 0 spiro atoms. The molecule has 0 atom stereocenters. The summed E-state index contributed by atoms with van der Waals surface area (Å²) in [6.07, 6.45) is 0. The zero-order valence-corrected chi connectivity index (χ0v) is 10.7. The lowest BCUT2D eigenvalue weighted by molar-refractivity contribution is 0.108. The Morgan fingerprint density at radius 3 is 2.44 bits per heavy atom. The molecular formula is C11H13ClO3S. The molecule has 0 radical (unpaired) electrons. The van der Waals surface area contributed by atoms with Gasteiger partial charge in [0.25, 0.3) is 5.24 Å². The highest BCUT2D eigenvalue weighted by molar-refractivity contribution is 7.71. The van der Waals surface area contributed by atoms with Crippen LogP contribution in [-0.4, -0.2) is 13.7 Å². The average Bonchev–Trinajstić information content (AvgIpc) is 2.15. The molecule has 0 aliphatic rings. The summed E-state index contributed by atoms with van der Waals surface area (Å²) in [7, 11) is -2.50. The van der Waals surface area contributed by atoms with Gasteiger partial charge in [0.05, 0.1) is 5.75 Å². The predicted molar refractivity (Wildman–Crippen MR) is 64.7 cm³/mol. The Labute approximate surface area is 101 Å². The van der Waals surface area contributed by atoms with Gasteiger partial charge in [-0.1, -0.05) is 19.9 Å². The highest BCUT2D eigenvalue weighted by Crippen LogP contribution is 2.22. The molecule has 0 bridgehead atoms. The maximum atomic E-state index is 11.0. The van der Waals surface area contributed by atoms with Gasteiger partial charge in [-0.05, 0) is 40.8 Å². The quantitative estimate of drug-likeness (QED) is 0.668. The van der Waals surface area contributed by atoms with E-state index in [4.69, 9.17) is 11.6 Å². The molecule has 0 aliphatic heterocycles. The van der Waals surface area contributed by atoms with Crippen molar-refractivity contribution in [3.63, 3.8) is 0 Å². The number of hydrogen-bond donors (Lipinski definition) is 1. The topological polar surface area (TPSA) is 51.2 Å². The van der Waals surface area contributed by atoms with Crippen molar-refractivity contribution < 1.29 is 13.2 Å². The van der Waals surface area contributed by atoms with Crippen LogP contribution in [0, 0.1) is 0 Å². The Hall–Kier alpha value is -0.870. The summed E-state index contributed by atoms with van der Waals surface area (Å²) >= 11 is 5.35. The SMILES string of the molecule is CC(C)c1ccc(C(=O)Cl)cc1C[SH](=O)=O. The van der Waals surface area contributed by atoms with Gasteiger partial charge in [-0.2, -0.15) is 0 Å². The van der Waals surface area contributed by atoms with Crippen LogP contribution >= 0.6 is 11.6 Å². The fourth-order valence-electron chi connectivity index (χ4n) is 1.57. The maximum absolute atomic E-state index is 11.0. The normalized spacial score (nSPS) is 11.1. The molecule has 0 fully saturated rings. The van der Waals surface area contributed by atoms with E-state index in [0.717, 1.165) is 5.56 Å². The first-order chi connectivity index (χ1) is 7.41. The van der Waals surface area contributed by atoms with Gasteiger partial charge < -0.3 is 0 Å². The summed E-state index contributed by atoms with van der Waals surface area (Å²) in [5.41, 5.74) is 1.91. The molecule has 0 aliphatic carbocycles. The van der Waals surface area contributed by atoms with Crippen molar-refractivity contribution >= 4 is 27.5 Å². The third kappa shape index (κ3) is 3.32. The molecule has 0 amide bonds. The number of carbonyl (C=O) groups excluding carboxylic acids is 1. The van der Waals surface area contributed by atoms with E-state index in [1.807, 2.05) is 13.8 Å². The molecule has 0 N–H and O–H groups in total. The van der Waals surface area contributed by atoms with E-state index in [0.29, 0.717) is 11.1 Å². The van der Waals surface area contributed by atoms with E-state index in [2.05, 4.69) is 0 Å². The highest BCUT2D eigenvalue weighted by atomic mass is 35.5. The van der Waals surface area contributed by atoms with Gasteiger partial charge in [0, 0.05) is 5.56 Å². The van der Waals surface area contributed by atoms with Crippen molar-refractivity contribution in [1.29, 1.82) is 0 Å². The van der Waals surface area contributed by atoms with Crippen molar-refractivity contribution in [2.75, 3.05) is 0 Å². The minimum Gasteiger partial charge on any atom is -0.276 e. The van der Waals surface area contributed by atoms with Gasteiger partial charge in [-0.15, -0.1) is 0 Å². The number of carbonyl (C=O) groups is 1. The Morgan fingerprint density at radius 2 is 2.00 bits per heavy atom. The van der Waals surface area contributed by atoms with Gasteiger partial charge in [-0.3, -0.25) is 4.79 Å². The second kappa shape index (κ2) is 5.46. The fourth-order valence-corrected chi connectivity index (χ4v) is 2.24. The van der Waals surface area contributed by atoms with Crippen LogP contribution in [0.5, 0.6) is 0 Å². The number of thiol groups is 1. The first-order valence-corrected chi connectivity index (χ1v) is 6.60. The number of halogens is 1. The van der Waals surface area contributed by atoms with Gasteiger partial charge in [-0.25, -0.2) is 8.42 Å². The van der Waals surface area contributed by atoms with Gasteiger partial charge in [0.2, 0.25) is 0 Å². The van der Waals surface area contributed by atoms with E-state index in [1.165, 1.54) is 0 Å². The van der Waals surface area contributed by atoms with E-state index >= 15 is 0 Å². The van der Waals surface area contributed by atoms with E-state index in [-0.39, 0.29) is 11.7 Å². The summed E-state index contributed by atoms with van der Waals surface area (Å²) in [4.78, 5) is 11.0. The molecule has 0 saturated carbocycles. The molecule has 3 nitrogen and oxygen atoms in total. The minimum atomic E-state index is -2.50. The van der Waals surface area contributed by atoms with Crippen molar-refractivity contribution in [2.45, 2.75) is 25.5 Å². The van der Waals surface area contributed by atoms with E-state index in [1.54, 1.807) is 18.2 Å². The van der Waals surface area contributed by atoms with Crippen LogP contribution in [0.1, 0.15) is 41.3 Å². The van der Waals surface area contributed by atoms with Gasteiger partial charge in [0.1, 0.15) is 10.7 Å². The van der Waals surface area contributed by atoms with Crippen molar-refractivity contribution in [3.05, 3.63) is 34.9 Å². The lowest BCUT2D eigenvalue weighted by atomic mass is 9.96. The molecule has 88 valence electrons. The summed E-state index contributed by atoms with van der Waals surface area (Å²) in [6.45, 7) is 3.94. The van der Waals surface area contributed by atoms with Gasteiger partial charge in [0.15, 0.2) is 0 Å². The maximum Gasteiger partial charge on any atom is 0.252 e. The second-order valence-electron chi connectivity index (χ2n) is 3.83. The van der Waals surface area contributed by atoms with Crippen LogP contribution in [0.15, 0.2) is 18.2 Å². The lowest BCUT2D eigenvalue weighted by Gasteiger charge is -2.11. The lowest BCUT2D eigenvalue weighted by Crippen LogP contribution is -2.00. The van der Waals surface area contributed by atoms with E-state index in [9.17, 15) is 13.2 Å². The van der Waals surface area contributed by atoms with Crippen LogP contribution in [0.4, 0.5) is 0 Å². The zero-order chi connectivity index (χ0) is 12.3. The van der Waals surface area contributed by atoms with Crippen molar-refractivity contribution in [2.24, 2.45) is 0 Å². The third-order valence-corrected chi connectivity index (χ3v) is 3.11. The summed E-state index contributed by atoms with van der Waals surface area (Å²) < 4.78 is 21.5.